The van der Waals surface area contributed by atoms with Gasteiger partial charge < -0.3 is 24.8 Å². The molecule has 51 heavy (non-hydrogen) atoms. The maximum absolute atomic E-state index is 14.3. The molecule has 2 amide bonds. The van der Waals surface area contributed by atoms with Gasteiger partial charge in [0.25, 0.3) is 11.5 Å². The minimum absolute atomic E-state index is 0.0319. The van der Waals surface area contributed by atoms with Crippen LogP contribution < -0.4 is 20.8 Å². The summed E-state index contributed by atoms with van der Waals surface area (Å²) in [5.41, 5.74) is 0.826. The highest BCUT2D eigenvalue weighted by molar-refractivity contribution is 6.91. The lowest BCUT2D eigenvalue weighted by Gasteiger charge is -2.37. The molecular weight excluding hydrogens is 661 g/mol. The van der Waals surface area contributed by atoms with Crippen LogP contribution in [0.15, 0.2) is 108 Å². The van der Waals surface area contributed by atoms with E-state index in [1.54, 1.807) is 36.4 Å². The number of carbonyl (C=O) groups is 2. The van der Waals surface area contributed by atoms with Crippen LogP contribution in [0.5, 0.6) is 5.75 Å². The summed E-state index contributed by atoms with van der Waals surface area (Å²) in [5.74, 6) is -0.0580. The monoisotopic (exact) mass is 702 g/mol. The number of anilines is 1. The molecule has 10 nitrogen and oxygen atoms in total. The first-order valence-electron chi connectivity index (χ1n) is 17.3. The Morgan fingerprint density at radius 2 is 1.75 bits per heavy atom. The third-order valence-electron chi connectivity index (χ3n) is 10.8. The Labute approximate surface area is 297 Å². The molecule has 2 N–H and O–H groups in total. The van der Waals surface area contributed by atoms with Gasteiger partial charge in [0.05, 0.1) is 51.6 Å². The molecule has 5 aromatic rings. The SMILES string of the molecule is COc1ccc([Si](C)(C)[C@@H]2[C@@H](CC(=O)N(CCO)Cc3ccccc3)O[C@]3(C(=O)Nc4ccc(-n5ncc6ccccc6c5=O)cc43)[C@H]2C)cc1. The number of amides is 2. The van der Waals surface area contributed by atoms with E-state index in [0.717, 1.165) is 21.9 Å². The fourth-order valence-corrected chi connectivity index (χ4v) is 12.3. The average Bonchev–Trinajstić information content (AvgIpc) is 3.60. The highest BCUT2D eigenvalue weighted by Gasteiger charge is 2.65. The summed E-state index contributed by atoms with van der Waals surface area (Å²) in [6, 6.07) is 30.4. The number of hydrogen-bond donors (Lipinski definition) is 2. The van der Waals surface area contributed by atoms with Gasteiger partial charge in [-0.25, -0.2) is 0 Å². The van der Waals surface area contributed by atoms with Gasteiger partial charge in [-0.05, 0) is 47.5 Å². The third kappa shape index (κ3) is 5.94. The van der Waals surface area contributed by atoms with E-state index in [1.165, 1.54) is 4.68 Å². The summed E-state index contributed by atoms with van der Waals surface area (Å²) < 4.78 is 13.8. The van der Waals surface area contributed by atoms with Crippen LogP contribution in [0.2, 0.25) is 18.6 Å². The number of ether oxygens (including phenoxy) is 2. The van der Waals surface area contributed by atoms with Gasteiger partial charge >= 0.3 is 0 Å². The van der Waals surface area contributed by atoms with Gasteiger partial charge in [-0.15, -0.1) is 0 Å². The lowest BCUT2D eigenvalue weighted by atomic mass is 9.82. The molecule has 2 aliphatic rings. The van der Waals surface area contributed by atoms with Crippen molar-refractivity contribution < 1.29 is 24.2 Å². The van der Waals surface area contributed by atoms with Crippen molar-refractivity contribution in [1.29, 1.82) is 0 Å². The Balaban J connectivity index is 1.31. The molecule has 262 valence electrons. The van der Waals surface area contributed by atoms with Crippen LogP contribution >= 0.6 is 0 Å². The Kier molecular flexibility index (Phi) is 9.13. The molecule has 7 rings (SSSR count). The summed E-state index contributed by atoms with van der Waals surface area (Å²) in [6.07, 6.45) is 1.08. The Bertz CT molecular complexity index is 2150. The Morgan fingerprint density at radius 1 is 1.02 bits per heavy atom. The first kappa shape index (κ1) is 34.4. The van der Waals surface area contributed by atoms with Crippen molar-refractivity contribution in [1.82, 2.24) is 14.7 Å². The first-order valence-corrected chi connectivity index (χ1v) is 20.3. The van der Waals surface area contributed by atoms with E-state index in [9.17, 15) is 19.5 Å². The molecule has 4 aromatic carbocycles. The summed E-state index contributed by atoms with van der Waals surface area (Å²) >= 11 is 0. The normalized spacial score (nSPS) is 21.1. The van der Waals surface area contributed by atoms with Gasteiger partial charge in [0.1, 0.15) is 5.75 Å². The van der Waals surface area contributed by atoms with Crippen LogP contribution in [0.1, 0.15) is 24.5 Å². The largest absolute Gasteiger partial charge is 0.497 e. The van der Waals surface area contributed by atoms with Gasteiger partial charge in [-0.1, -0.05) is 85.9 Å². The Hall–Kier alpha value is -5.10. The molecule has 0 radical (unpaired) electrons. The van der Waals surface area contributed by atoms with E-state index in [-0.39, 0.29) is 48.4 Å². The molecule has 0 aliphatic carbocycles. The van der Waals surface area contributed by atoms with Gasteiger partial charge in [0.15, 0.2) is 5.60 Å². The van der Waals surface area contributed by atoms with E-state index < -0.39 is 19.8 Å². The zero-order valence-electron chi connectivity index (χ0n) is 29.2. The van der Waals surface area contributed by atoms with E-state index in [0.29, 0.717) is 28.9 Å². The number of aliphatic hydroxyl groups is 1. The molecule has 0 bridgehead atoms. The summed E-state index contributed by atoms with van der Waals surface area (Å²) in [6.45, 7) is 6.90. The second-order valence-electron chi connectivity index (χ2n) is 14.0. The number of nitrogens with one attached hydrogen (secondary N) is 1. The number of methoxy groups -OCH3 is 1. The van der Waals surface area contributed by atoms with Gasteiger partial charge in [-0.2, -0.15) is 9.78 Å². The molecule has 11 heteroatoms. The lowest BCUT2D eigenvalue weighted by molar-refractivity contribution is -0.148. The van der Waals surface area contributed by atoms with Crippen LogP contribution in [0.4, 0.5) is 5.69 Å². The van der Waals surface area contributed by atoms with E-state index >= 15 is 0 Å². The highest BCUT2D eigenvalue weighted by atomic mass is 28.3. The maximum atomic E-state index is 14.3. The average molecular weight is 703 g/mol. The molecule has 0 unspecified atom stereocenters. The maximum Gasteiger partial charge on any atom is 0.279 e. The minimum Gasteiger partial charge on any atom is -0.497 e. The predicted molar refractivity (Wildman–Crippen MR) is 199 cm³/mol. The fraction of sp³-hybridized carbons (Fsp3) is 0.300. The fourth-order valence-electron chi connectivity index (χ4n) is 8.24. The number of fused-ring (bicyclic) bond motifs is 3. The smallest absolute Gasteiger partial charge is 0.279 e. The number of rotatable bonds is 10. The van der Waals surface area contributed by atoms with Gasteiger partial charge in [0, 0.05) is 35.6 Å². The van der Waals surface area contributed by atoms with Gasteiger partial charge in [-0.3, -0.25) is 14.4 Å². The topological polar surface area (TPSA) is 123 Å². The van der Waals surface area contributed by atoms with Crippen LogP contribution in [-0.2, 0) is 26.5 Å². The third-order valence-corrected chi connectivity index (χ3v) is 15.2. The molecule has 2 aliphatic heterocycles. The van der Waals surface area contributed by atoms with Crippen molar-refractivity contribution in [2.75, 3.05) is 25.6 Å². The molecule has 0 saturated carbocycles. The Morgan fingerprint density at radius 3 is 2.47 bits per heavy atom. The second-order valence-corrected chi connectivity index (χ2v) is 18.7. The van der Waals surface area contributed by atoms with Crippen molar-refractivity contribution in [3.05, 3.63) is 125 Å². The number of nitrogens with zero attached hydrogens (tertiary/aromatic N) is 3. The second kappa shape index (κ2) is 13.6. The summed E-state index contributed by atoms with van der Waals surface area (Å²) in [7, 11) is -0.878. The number of carbonyl (C=O) groups excluding carboxylic acids is 2. The molecule has 1 saturated heterocycles. The van der Waals surface area contributed by atoms with E-state index in [1.807, 2.05) is 73.7 Å². The van der Waals surface area contributed by atoms with Crippen molar-refractivity contribution in [2.24, 2.45) is 5.92 Å². The minimum atomic E-state index is -2.51. The first-order chi connectivity index (χ1) is 24.6. The van der Waals surface area contributed by atoms with Crippen molar-refractivity contribution in [3.63, 3.8) is 0 Å². The molecule has 1 aromatic heterocycles. The van der Waals surface area contributed by atoms with Crippen LogP contribution in [-0.4, -0.2) is 66.0 Å². The number of aliphatic hydroxyl groups excluding tert-OH is 1. The van der Waals surface area contributed by atoms with Crippen LogP contribution in [0.3, 0.4) is 0 Å². The molecule has 1 fully saturated rings. The van der Waals surface area contributed by atoms with E-state index in [2.05, 4.69) is 35.6 Å². The summed E-state index contributed by atoms with van der Waals surface area (Å²) in [4.78, 5) is 43.8. The zero-order valence-corrected chi connectivity index (χ0v) is 30.2. The number of benzene rings is 4. The van der Waals surface area contributed by atoms with E-state index in [4.69, 9.17) is 9.47 Å². The van der Waals surface area contributed by atoms with Crippen molar-refractivity contribution in [3.8, 4) is 11.4 Å². The number of hydrogen-bond acceptors (Lipinski definition) is 7. The highest BCUT2D eigenvalue weighted by Crippen LogP contribution is 2.58. The molecule has 3 heterocycles. The van der Waals surface area contributed by atoms with Crippen molar-refractivity contribution in [2.45, 2.75) is 50.2 Å². The zero-order chi connectivity index (χ0) is 35.9. The van der Waals surface area contributed by atoms with Crippen LogP contribution in [0, 0.1) is 5.92 Å². The quantitative estimate of drug-likeness (QED) is 0.197. The van der Waals surface area contributed by atoms with Crippen molar-refractivity contribution >= 4 is 41.5 Å². The molecule has 4 atom stereocenters. The predicted octanol–water partition coefficient (Wildman–Crippen LogP) is 4.97. The summed E-state index contributed by atoms with van der Waals surface area (Å²) in [5, 5.41) is 19.9. The molecular formula is C40H42N4O6Si. The number of aromatic nitrogens is 2. The molecule has 1 spiro atoms. The van der Waals surface area contributed by atoms with Crippen LogP contribution in [0.25, 0.3) is 16.5 Å². The van der Waals surface area contributed by atoms with Gasteiger partial charge in [0.2, 0.25) is 5.91 Å². The lowest BCUT2D eigenvalue weighted by Crippen LogP contribution is -2.52. The standard InChI is InChI=1S/C40H42N4O6Si/c1-26-37(51(3,4)31-17-15-30(49-2)16-18-31)35(23-36(46)43(20-21-45)25-27-10-6-5-7-11-27)50-40(26)33-22-29(14-19-34(33)42-39(40)48)44-38(47)32-13-9-8-12-28(32)24-41-44/h5-19,22,24,26,35,37,45H,20-21,23,25H2,1-4H3,(H,42,48)/t26-,35+,37-,40+/m0/s1.